The zero-order valence-electron chi connectivity index (χ0n) is 10.7. The molecular formula is C14H21BrN2. The normalized spacial score (nSPS) is 25.2. The van der Waals surface area contributed by atoms with Crippen molar-refractivity contribution < 1.29 is 0 Å². The molecule has 0 saturated carbocycles. The van der Waals surface area contributed by atoms with Crippen molar-refractivity contribution >= 4 is 15.9 Å². The number of hydrogen-bond acceptors (Lipinski definition) is 2. The number of rotatable bonds is 3. The van der Waals surface area contributed by atoms with Crippen LogP contribution < -0.4 is 5.32 Å². The van der Waals surface area contributed by atoms with Gasteiger partial charge in [0.05, 0.1) is 0 Å². The predicted octanol–water partition coefficient (Wildman–Crippen LogP) is 2.68. The fraction of sp³-hybridized carbons (Fsp3) is 0.571. The molecule has 17 heavy (non-hydrogen) atoms. The Kier molecular flexibility index (Phi) is 4.23. The predicted molar refractivity (Wildman–Crippen MR) is 76.4 cm³/mol. The molecule has 1 fully saturated rings. The molecule has 3 heteroatoms. The van der Waals surface area contributed by atoms with Crippen LogP contribution in [0.3, 0.4) is 0 Å². The van der Waals surface area contributed by atoms with Crippen molar-refractivity contribution in [1.29, 1.82) is 0 Å². The average Bonchev–Trinajstić information content (AvgIpc) is 2.30. The zero-order valence-corrected chi connectivity index (χ0v) is 12.3. The smallest absolute Gasteiger partial charge is 0.0368 e. The van der Waals surface area contributed by atoms with Crippen molar-refractivity contribution in [2.45, 2.75) is 24.8 Å². The minimum atomic E-state index is 0.277. The molecule has 2 nitrogen and oxygen atoms in total. The Morgan fingerprint density at radius 2 is 2.24 bits per heavy atom. The highest BCUT2D eigenvalue weighted by Gasteiger charge is 2.34. The molecule has 0 spiro atoms. The number of nitrogens with zero attached hydrogens (tertiary/aromatic N) is 1. The molecule has 0 aliphatic carbocycles. The number of halogens is 1. The first-order chi connectivity index (χ1) is 8.12. The molecule has 94 valence electrons. The highest BCUT2D eigenvalue weighted by molar-refractivity contribution is 9.10. The lowest BCUT2D eigenvalue weighted by atomic mass is 9.83. The quantitative estimate of drug-likeness (QED) is 0.923. The lowest BCUT2D eigenvalue weighted by Gasteiger charge is -2.43. The third-order valence-electron chi connectivity index (χ3n) is 3.82. The molecule has 1 aliphatic rings. The third-order valence-corrected chi connectivity index (χ3v) is 4.31. The summed E-state index contributed by atoms with van der Waals surface area (Å²) in [5.74, 6) is 0. The second kappa shape index (κ2) is 5.51. The topological polar surface area (TPSA) is 15.3 Å². The lowest BCUT2D eigenvalue weighted by Crippen LogP contribution is -2.56. The van der Waals surface area contributed by atoms with E-state index in [2.05, 4.69) is 64.5 Å². The third kappa shape index (κ3) is 3.09. The molecule has 2 rings (SSSR count). The van der Waals surface area contributed by atoms with Crippen LogP contribution in [-0.4, -0.2) is 37.6 Å². The van der Waals surface area contributed by atoms with Crippen molar-refractivity contribution in [1.82, 2.24) is 10.2 Å². The van der Waals surface area contributed by atoms with E-state index in [9.17, 15) is 0 Å². The summed E-state index contributed by atoms with van der Waals surface area (Å²) in [5.41, 5.74) is 1.69. The molecular weight excluding hydrogens is 276 g/mol. The number of nitrogens with one attached hydrogen (secondary N) is 1. The molecule has 1 aromatic carbocycles. The first kappa shape index (κ1) is 13.1. The van der Waals surface area contributed by atoms with Crippen molar-refractivity contribution in [2.75, 3.05) is 27.2 Å². The van der Waals surface area contributed by atoms with E-state index in [-0.39, 0.29) is 5.54 Å². The van der Waals surface area contributed by atoms with Crippen LogP contribution >= 0.6 is 15.9 Å². The van der Waals surface area contributed by atoms with Gasteiger partial charge in [-0.15, -0.1) is 0 Å². The minimum Gasteiger partial charge on any atom is -0.315 e. The summed E-state index contributed by atoms with van der Waals surface area (Å²) >= 11 is 3.55. The summed E-state index contributed by atoms with van der Waals surface area (Å²) in [4.78, 5) is 2.39. The Morgan fingerprint density at radius 3 is 2.82 bits per heavy atom. The van der Waals surface area contributed by atoms with Gasteiger partial charge in [0, 0.05) is 16.6 Å². The van der Waals surface area contributed by atoms with Crippen molar-refractivity contribution in [3.05, 3.63) is 34.3 Å². The van der Waals surface area contributed by atoms with Crippen molar-refractivity contribution in [3.63, 3.8) is 0 Å². The second-order valence-corrected chi connectivity index (χ2v) is 6.12. The Balaban J connectivity index is 2.17. The van der Waals surface area contributed by atoms with Crippen LogP contribution in [0.25, 0.3) is 0 Å². The van der Waals surface area contributed by atoms with Gasteiger partial charge in [-0.2, -0.15) is 0 Å². The summed E-state index contributed by atoms with van der Waals surface area (Å²) in [7, 11) is 4.40. The number of benzene rings is 1. The van der Waals surface area contributed by atoms with Gasteiger partial charge in [-0.1, -0.05) is 28.1 Å². The van der Waals surface area contributed by atoms with E-state index >= 15 is 0 Å². The molecule has 0 bridgehead atoms. The van der Waals surface area contributed by atoms with E-state index < -0.39 is 0 Å². The molecule has 1 aromatic rings. The highest BCUT2D eigenvalue weighted by Crippen LogP contribution is 2.27. The first-order valence-corrected chi connectivity index (χ1v) is 7.04. The number of piperidine rings is 1. The van der Waals surface area contributed by atoms with Crippen LogP contribution in [0.15, 0.2) is 28.7 Å². The molecule has 0 aromatic heterocycles. The van der Waals surface area contributed by atoms with Crippen molar-refractivity contribution in [3.8, 4) is 0 Å². The maximum Gasteiger partial charge on any atom is 0.0368 e. The van der Waals surface area contributed by atoms with Gasteiger partial charge in [0.2, 0.25) is 0 Å². The van der Waals surface area contributed by atoms with E-state index in [0.29, 0.717) is 0 Å². The second-order valence-electron chi connectivity index (χ2n) is 5.21. The molecule has 0 amide bonds. The van der Waals surface area contributed by atoms with Gasteiger partial charge >= 0.3 is 0 Å². The minimum absolute atomic E-state index is 0.277. The van der Waals surface area contributed by atoms with Gasteiger partial charge in [-0.25, -0.2) is 0 Å². The Bertz CT molecular complexity index is 370. The molecule has 1 aliphatic heterocycles. The summed E-state index contributed by atoms with van der Waals surface area (Å²) in [6.07, 6.45) is 3.66. The van der Waals surface area contributed by atoms with Gasteiger partial charge in [-0.3, -0.25) is 0 Å². The van der Waals surface area contributed by atoms with E-state index in [4.69, 9.17) is 0 Å². The van der Waals surface area contributed by atoms with E-state index in [0.717, 1.165) is 19.5 Å². The summed E-state index contributed by atoms with van der Waals surface area (Å²) in [6.45, 7) is 2.25. The van der Waals surface area contributed by atoms with Gasteiger partial charge < -0.3 is 10.2 Å². The number of likely N-dealkylation sites (N-methyl/N-ethyl adjacent to an activating group) is 1. The van der Waals surface area contributed by atoms with Gasteiger partial charge in [0.15, 0.2) is 0 Å². The van der Waals surface area contributed by atoms with Crippen LogP contribution in [0.1, 0.15) is 18.4 Å². The first-order valence-electron chi connectivity index (χ1n) is 6.25. The average molecular weight is 297 g/mol. The molecule has 1 N–H and O–H groups in total. The standard InChI is InChI=1S/C14H21BrN2/c1-17(2)14(7-4-8-16-11-14)10-12-5-3-6-13(15)9-12/h3,5-6,9,16H,4,7-8,10-11H2,1-2H3. The van der Waals surface area contributed by atoms with Gasteiger partial charge in [-0.05, 0) is 57.6 Å². The van der Waals surface area contributed by atoms with Gasteiger partial charge in [0.1, 0.15) is 0 Å². The molecule has 1 atom stereocenters. The monoisotopic (exact) mass is 296 g/mol. The highest BCUT2D eigenvalue weighted by atomic mass is 79.9. The largest absolute Gasteiger partial charge is 0.315 e. The molecule has 0 radical (unpaired) electrons. The molecule has 1 unspecified atom stereocenters. The number of hydrogen-bond donors (Lipinski definition) is 1. The lowest BCUT2D eigenvalue weighted by molar-refractivity contribution is 0.114. The van der Waals surface area contributed by atoms with Crippen LogP contribution in [0, 0.1) is 0 Å². The SMILES string of the molecule is CN(C)C1(Cc2cccc(Br)c2)CCCNC1. The Morgan fingerprint density at radius 1 is 1.41 bits per heavy atom. The van der Waals surface area contributed by atoms with Gasteiger partial charge in [0.25, 0.3) is 0 Å². The fourth-order valence-electron chi connectivity index (χ4n) is 2.67. The van der Waals surface area contributed by atoms with Crippen LogP contribution in [-0.2, 0) is 6.42 Å². The summed E-state index contributed by atoms with van der Waals surface area (Å²) in [6, 6.07) is 8.68. The van der Waals surface area contributed by atoms with E-state index in [1.165, 1.54) is 22.9 Å². The Labute approximate surface area is 113 Å². The van der Waals surface area contributed by atoms with E-state index in [1.54, 1.807) is 0 Å². The molecule has 1 saturated heterocycles. The fourth-order valence-corrected chi connectivity index (χ4v) is 3.12. The molecule has 1 heterocycles. The van der Waals surface area contributed by atoms with Crippen LogP contribution in [0.2, 0.25) is 0 Å². The Hall–Kier alpha value is -0.380. The van der Waals surface area contributed by atoms with Crippen molar-refractivity contribution in [2.24, 2.45) is 0 Å². The maximum atomic E-state index is 3.55. The van der Waals surface area contributed by atoms with Crippen LogP contribution in [0.5, 0.6) is 0 Å². The zero-order chi connectivity index (χ0) is 12.3. The van der Waals surface area contributed by atoms with E-state index in [1.807, 2.05) is 0 Å². The summed E-state index contributed by atoms with van der Waals surface area (Å²) < 4.78 is 1.17. The summed E-state index contributed by atoms with van der Waals surface area (Å²) in [5, 5.41) is 3.54. The maximum absolute atomic E-state index is 3.55. The van der Waals surface area contributed by atoms with Crippen LogP contribution in [0.4, 0.5) is 0 Å².